The van der Waals surface area contributed by atoms with E-state index < -0.39 is 0 Å². The van der Waals surface area contributed by atoms with Gasteiger partial charge in [-0.2, -0.15) is 0 Å². The minimum absolute atomic E-state index is 0.222. The molecule has 3 heterocycles. The lowest BCUT2D eigenvalue weighted by Crippen LogP contribution is -2.29. The fraction of sp³-hybridized carbons (Fsp3) is 0.261. The number of amides is 1. The van der Waals surface area contributed by atoms with Gasteiger partial charge in [0, 0.05) is 42.5 Å². The van der Waals surface area contributed by atoms with E-state index in [-0.39, 0.29) is 5.91 Å². The van der Waals surface area contributed by atoms with Crippen molar-refractivity contribution in [2.45, 2.75) is 25.8 Å². The molecule has 6 heteroatoms. The van der Waals surface area contributed by atoms with Gasteiger partial charge in [0.15, 0.2) is 0 Å². The maximum atomic E-state index is 12.4. The molecule has 0 spiro atoms. The Labute approximate surface area is 171 Å². The van der Waals surface area contributed by atoms with Crippen LogP contribution in [0.5, 0.6) is 0 Å². The number of aromatic nitrogens is 2. The van der Waals surface area contributed by atoms with Crippen LogP contribution in [0.2, 0.25) is 0 Å². The van der Waals surface area contributed by atoms with Crippen LogP contribution >= 0.6 is 0 Å². The molecule has 29 heavy (non-hydrogen) atoms. The van der Waals surface area contributed by atoms with Crippen LogP contribution < -0.4 is 15.5 Å². The molecule has 1 aliphatic heterocycles. The largest absolute Gasteiger partial charge is 0.372 e. The van der Waals surface area contributed by atoms with Crippen molar-refractivity contribution in [2.75, 3.05) is 23.3 Å². The Morgan fingerprint density at radius 3 is 2.48 bits per heavy atom. The number of hydrogen-bond donors (Lipinski definition) is 2. The highest BCUT2D eigenvalue weighted by Gasteiger charge is 2.11. The lowest BCUT2D eigenvalue weighted by molar-refractivity contribution is 0.0945. The van der Waals surface area contributed by atoms with E-state index in [9.17, 15) is 4.79 Å². The van der Waals surface area contributed by atoms with Crippen molar-refractivity contribution in [3.05, 3.63) is 78.4 Å². The molecule has 0 unspecified atom stereocenters. The quantitative estimate of drug-likeness (QED) is 0.665. The highest BCUT2D eigenvalue weighted by Crippen LogP contribution is 2.23. The fourth-order valence-electron chi connectivity index (χ4n) is 3.47. The van der Waals surface area contributed by atoms with Gasteiger partial charge in [0.2, 0.25) is 0 Å². The Morgan fingerprint density at radius 2 is 1.72 bits per heavy atom. The van der Waals surface area contributed by atoms with E-state index in [1.54, 1.807) is 18.5 Å². The number of pyridine rings is 2. The molecule has 0 atom stereocenters. The van der Waals surface area contributed by atoms with Crippen molar-refractivity contribution in [1.82, 2.24) is 15.3 Å². The Bertz CT molecular complexity index is 937. The molecule has 4 rings (SSSR count). The maximum absolute atomic E-state index is 12.4. The number of carbonyl (C=O) groups excluding carboxylic acids is 1. The fourth-order valence-corrected chi connectivity index (χ4v) is 3.47. The molecule has 2 aromatic heterocycles. The van der Waals surface area contributed by atoms with Crippen LogP contribution in [-0.2, 0) is 6.54 Å². The Balaban J connectivity index is 1.37. The van der Waals surface area contributed by atoms with Gasteiger partial charge in [-0.15, -0.1) is 0 Å². The molecule has 0 radical (unpaired) electrons. The first-order chi connectivity index (χ1) is 14.3. The van der Waals surface area contributed by atoms with Crippen LogP contribution in [0.1, 0.15) is 35.4 Å². The normalized spacial score (nSPS) is 13.7. The molecule has 0 saturated carbocycles. The molecule has 6 nitrogen and oxygen atoms in total. The summed E-state index contributed by atoms with van der Waals surface area (Å²) in [6.07, 6.45) is 7.21. The zero-order chi connectivity index (χ0) is 19.9. The summed E-state index contributed by atoms with van der Waals surface area (Å²) in [5.74, 6) is -0.222. The average molecular weight is 387 g/mol. The number of nitrogens with one attached hydrogen (secondary N) is 2. The van der Waals surface area contributed by atoms with Crippen molar-refractivity contribution in [2.24, 2.45) is 0 Å². The van der Waals surface area contributed by atoms with Crippen molar-refractivity contribution >= 4 is 23.0 Å². The van der Waals surface area contributed by atoms with Gasteiger partial charge in [0.25, 0.3) is 5.91 Å². The van der Waals surface area contributed by atoms with E-state index in [1.807, 2.05) is 24.3 Å². The predicted octanol–water partition coefficient (Wildman–Crippen LogP) is 4.14. The van der Waals surface area contributed by atoms with Gasteiger partial charge in [0.1, 0.15) is 5.69 Å². The maximum Gasteiger partial charge on any atom is 0.270 e. The smallest absolute Gasteiger partial charge is 0.270 e. The van der Waals surface area contributed by atoms with Gasteiger partial charge in [-0.1, -0.05) is 6.07 Å². The predicted molar refractivity (Wildman–Crippen MR) is 115 cm³/mol. The number of benzene rings is 1. The summed E-state index contributed by atoms with van der Waals surface area (Å²) < 4.78 is 0. The summed E-state index contributed by atoms with van der Waals surface area (Å²) in [5.41, 5.74) is 4.25. The molecule has 1 aliphatic rings. The molecular weight excluding hydrogens is 362 g/mol. The van der Waals surface area contributed by atoms with Gasteiger partial charge in [-0.3, -0.25) is 14.8 Å². The Hall–Kier alpha value is -3.41. The third-order valence-electron chi connectivity index (χ3n) is 5.03. The monoisotopic (exact) mass is 387 g/mol. The molecule has 1 saturated heterocycles. The van der Waals surface area contributed by atoms with Crippen LogP contribution in [0.15, 0.2) is 67.0 Å². The van der Waals surface area contributed by atoms with Crippen LogP contribution in [0, 0.1) is 0 Å². The lowest BCUT2D eigenvalue weighted by Gasteiger charge is -2.28. The van der Waals surface area contributed by atoms with Gasteiger partial charge >= 0.3 is 0 Å². The minimum atomic E-state index is -0.222. The molecule has 148 valence electrons. The first kappa shape index (κ1) is 18.9. The van der Waals surface area contributed by atoms with Crippen molar-refractivity contribution < 1.29 is 4.79 Å². The SMILES string of the molecule is O=C(NCc1ccccn1)c1cc(Nc2ccc(N3CCCCC3)cc2)ccn1. The third kappa shape index (κ3) is 5.10. The Morgan fingerprint density at radius 1 is 0.897 bits per heavy atom. The van der Waals surface area contributed by atoms with Crippen molar-refractivity contribution in [3.8, 4) is 0 Å². The summed E-state index contributed by atoms with van der Waals surface area (Å²) >= 11 is 0. The highest BCUT2D eigenvalue weighted by molar-refractivity contribution is 5.93. The van der Waals surface area contributed by atoms with E-state index in [0.29, 0.717) is 12.2 Å². The van der Waals surface area contributed by atoms with E-state index in [1.165, 1.54) is 24.9 Å². The van der Waals surface area contributed by atoms with Gasteiger partial charge in [0.05, 0.1) is 12.2 Å². The second-order valence-corrected chi connectivity index (χ2v) is 7.15. The van der Waals surface area contributed by atoms with E-state index in [2.05, 4.69) is 49.8 Å². The zero-order valence-corrected chi connectivity index (χ0v) is 16.3. The zero-order valence-electron chi connectivity index (χ0n) is 16.3. The number of rotatable bonds is 6. The molecule has 1 amide bonds. The first-order valence-corrected chi connectivity index (χ1v) is 10.0. The van der Waals surface area contributed by atoms with E-state index >= 15 is 0 Å². The van der Waals surface area contributed by atoms with Crippen LogP contribution in [0.3, 0.4) is 0 Å². The van der Waals surface area contributed by atoms with Crippen LogP contribution in [0.25, 0.3) is 0 Å². The number of hydrogen-bond acceptors (Lipinski definition) is 5. The Kier molecular flexibility index (Phi) is 6.00. The third-order valence-corrected chi connectivity index (χ3v) is 5.03. The number of anilines is 3. The second kappa shape index (κ2) is 9.19. The van der Waals surface area contributed by atoms with E-state index in [4.69, 9.17) is 0 Å². The number of nitrogens with zero attached hydrogens (tertiary/aromatic N) is 3. The van der Waals surface area contributed by atoms with E-state index in [0.717, 1.165) is 30.2 Å². The highest BCUT2D eigenvalue weighted by atomic mass is 16.1. The second-order valence-electron chi connectivity index (χ2n) is 7.15. The first-order valence-electron chi connectivity index (χ1n) is 10.0. The standard InChI is InChI=1S/C23H25N5O/c29-23(26-17-20-6-2-3-12-24-20)22-16-19(11-13-25-22)27-18-7-9-21(10-8-18)28-14-4-1-5-15-28/h2-3,6-13,16H,1,4-5,14-15,17H2,(H,25,27)(H,26,29). The minimum Gasteiger partial charge on any atom is -0.372 e. The molecule has 3 aromatic rings. The summed E-state index contributed by atoms with van der Waals surface area (Å²) in [6, 6.07) is 17.7. The molecular formula is C23H25N5O. The summed E-state index contributed by atoms with van der Waals surface area (Å²) in [7, 11) is 0. The van der Waals surface area contributed by atoms with Gasteiger partial charge < -0.3 is 15.5 Å². The summed E-state index contributed by atoms with van der Waals surface area (Å²) in [4.78, 5) is 23.2. The molecule has 1 aromatic carbocycles. The van der Waals surface area contributed by atoms with Crippen LogP contribution in [-0.4, -0.2) is 29.0 Å². The van der Waals surface area contributed by atoms with Crippen molar-refractivity contribution in [1.29, 1.82) is 0 Å². The lowest BCUT2D eigenvalue weighted by atomic mass is 10.1. The molecule has 2 N–H and O–H groups in total. The molecule has 0 aliphatic carbocycles. The van der Waals surface area contributed by atoms with Gasteiger partial charge in [-0.25, -0.2) is 0 Å². The molecule has 0 bridgehead atoms. The summed E-state index contributed by atoms with van der Waals surface area (Å²) in [6.45, 7) is 2.64. The van der Waals surface area contributed by atoms with Crippen LogP contribution in [0.4, 0.5) is 17.1 Å². The average Bonchev–Trinajstić information content (AvgIpc) is 2.79. The number of carbonyl (C=O) groups is 1. The van der Waals surface area contributed by atoms with Crippen molar-refractivity contribution in [3.63, 3.8) is 0 Å². The number of piperidine rings is 1. The molecule has 1 fully saturated rings. The van der Waals surface area contributed by atoms with Gasteiger partial charge in [-0.05, 0) is 67.8 Å². The summed E-state index contributed by atoms with van der Waals surface area (Å²) in [5, 5.41) is 6.21. The topological polar surface area (TPSA) is 70.2 Å².